The van der Waals surface area contributed by atoms with Crippen LogP contribution in [-0.4, -0.2) is 12.2 Å². The van der Waals surface area contributed by atoms with Gasteiger partial charge >= 0.3 is 0 Å². The van der Waals surface area contributed by atoms with E-state index < -0.39 is 0 Å². The molecule has 0 saturated heterocycles. The third-order valence-electron chi connectivity index (χ3n) is 3.09. The van der Waals surface area contributed by atoms with E-state index in [1.807, 2.05) is 6.07 Å². The second-order valence-electron chi connectivity index (χ2n) is 4.45. The Morgan fingerprint density at radius 2 is 1.55 bits per heavy atom. The van der Waals surface area contributed by atoms with Gasteiger partial charge in [-0.05, 0) is 48.2 Å². The number of hydrogen-bond donors (Lipinski definition) is 0. The van der Waals surface area contributed by atoms with Crippen LogP contribution in [0.2, 0.25) is 10.0 Å². The highest BCUT2D eigenvalue weighted by Crippen LogP contribution is 2.28. The van der Waals surface area contributed by atoms with Crippen molar-refractivity contribution in [3.8, 4) is 0 Å². The first-order chi connectivity index (χ1) is 10.6. The van der Waals surface area contributed by atoms with E-state index in [2.05, 4.69) is 9.98 Å². The highest BCUT2D eigenvalue weighted by molar-refractivity contribution is 6.35. The molecule has 2 aromatic rings. The summed E-state index contributed by atoms with van der Waals surface area (Å²) < 4.78 is 0. The second-order valence-corrected chi connectivity index (χ2v) is 5.30. The molecule has 4 nitrogen and oxygen atoms in total. The number of hydrogen-bond acceptors (Lipinski definition) is 4. The van der Waals surface area contributed by atoms with Crippen LogP contribution in [0.5, 0.6) is 0 Å². The zero-order valence-corrected chi connectivity index (χ0v) is 12.9. The molecule has 0 aromatic heterocycles. The van der Waals surface area contributed by atoms with E-state index in [9.17, 15) is 9.59 Å². The lowest BCUT2D eigenvalue weighted by Crippen LogP contribution is -1.93. The topological polar surface area (TPSA) is 58.9 Å². The zero-order chi connectivity index (χ0) is 15.9. The molecule has 0 amide bonds. The first kappa shape index (κ1) is 16.2. The van der Waals surface area contributed by atoms with Crippen LogP contribution >= 0.6 is 23.2 Å². The Labute approximate surface area is 137 Å². The van der Waals surface area contributed by atoms with E-state index in [-0.39, 0.29) is 0 Å². The minimum atomic E-state index is 0.386. The van der Waals surface area contributed by atoms with Crippen LogP contribution in [0.15, 0.2) is 46.4 Å². The largest absolute Gasteiger partial charge is 0.240 e. The lowest BCUT2D eigenvalue weighted by atomic mass is 10.0. The minimum Gasteiger partial charge on any atom is -0.211 e. The van der Waals surface area contributed by atoms with Crippen molar-refractivity contribution >= 4 is 46.7 Å². The van der Waals surface area contributed by atoms with Crippen molar-refractivity contribution in [1.29, 1.82) is 0 Å². The lowest BCUT2D eigenvalue weighted by molar-refractivity contribution is 0.564. The summed E-state index contributed by atoms with van der Waals surface area (Å²) in [6.07, 6.45) is 4.23. The molecule has 22 heavy (non-hydrogen) atoms. The third kappa shape index (κ3) is 4.14. The van der Waals surface area contributed by atoms with Gasteiger partial charge in [-0.25, -0.2) is 9.59 Å². The van der Waals surface area contributed by atoms with Crippen molar-refractivity contribution in [3.63, 3.8) is 0 Å². The maximum Gasteiger partial charge on any atom is 0.240 e. The Bertz CT molecular complexity index is 793. The number of carbonyl (C=O) groups excluding carboxylic acids is 2. The molecule has 0 heterocycles. The number of nitrogens with zero attached hydrogens (tertiary/aromatic N) is 2. The van der Waals surface area contributed by atoms with E-state index in [1.165, 1.54) is 18.2 Å². The minimum absolute atomic E-state index is 0.386. The standard InChI is InChI=1S/C16H10Cl2N2O2/c17-13-5-3-11(15(18)7-13)1-2-12-4-6-14(19-9-21)8-16(12)20-10-22/h3-8H,1-2H2. The van der Waals surface area contributed by atoms with Gasteiger partial charge in [-0.1, -0.05) is 35.3 Å². The molecule has 0 aliphatic rings. The van der Waals surface area contributed by atoms with Crippen molar-refractivity contribution in [1.82, 2.24) is 0 Å². The molecule has 2 rings (SSSR count). The summed E-state index contributed by atoms with van der Waals surface area (Å²) in [5.74, 6) is 0. The predicted octanol–water partition coefficient (Wildman–Crippen LogP) is 4.71. The van der Waals surface area contributed by atoms with Crippen molar-refractivity contribution in [2.24, 2.45) is 9.98 Å². The molecular weight excluding hydrogens is 323 g/mol. The molecule has 0 unspecified atom stereocenters. The molecular formula is C16H10Cl2N2O2. The summed E-state index contributed by atoms with van der Waals surface area (Å²) in [7, 11) is 0. The fourth-order valence-electron chi connectivity index (χ4n) is 2.03. The van der Waals surface area contributed by atoms with Crippen LogP contribution < -0.4 is 0 Å². The van der Waals surface area contributed by atoms with Crippen molar-refractivity contribution in [2.45, 2.75) is 12.8 Å². The van der Waals surface area contributed by atoms with Crippen LogP contribution in [0.3, 0.4) is 0 Å². The SMILES string of the molecule is O=C=Nc1ccc(CCc2ccc(Cl)cc2Cl)c(N=C=O)c1. The van der Waals surface area contributed by atoms with Crippen LogP contribution in [0.25, 0.3) is 0 Å². The Morgan fingerprint density at radius 3 is 2.23 bits per heavy atom. The maximum atomic E-state index is 10.5. The van der Waals surface area contributed by atoms with Crippen molar-refractivity contribution < 1.29 is 9.59 Å². The molecule has 2 aromatic carbocycles. The molecule has 0 atom stereocenters. The van der Waals surface area contributed by atoms with Crippen molar-refractivity contribution in [3.05, 3.63) is 57.6 Å². The predicted molar refractivity (Wildman–Crippen MR) is 85.9 cm³/mol. The van der Waals surface area contributed by atoms with Crippen LogP contribution in [0.4, 0.5) is 11.4 Å². The van der Waals surface area contributed by atoms with Gasteiger partial charge in [0.05, 0.1) is 11.4 Å². The molecule has 0 fully saturated rings. The molecule has 110 valence electrons. The van der Waals surface area contributed by atoms with Crippen LogP contribution in [0, 0.1) is 0 Å². The van der Waals surface area contributed by atoms with Gasteiger partial charge < -0.3 is 0 Å². The molecule has 0 bridgehead atoms. The number of aryl methyl sites for hydroxylation is 2. The van der Waals surface area contributed by atoms with E-state index in [0.29, 0.717) is 34.3 Å². The van der Waals surface area contributed by atoms with Gasteiger partial charge in [0.15, 0.2) is 0 Å². The quantitative estimate of drug-likeness (QED) is 0.587. The number of halogens is 2. The molecule has 0 aliphatic heterocycles. The Balaban J connectivity index is 2.25. The van der Waals surface area contributed by atoms with Gasteiger partial charge in [-0.3, -0.25) is 0 Å². The first-order valence-corrected chi connectivity index (χ1v) is 7.12. The summed E-state index contributed by atoms with van der Waals surface area (Å²) in [5.41, 5.74) is 2.59. The highest BCUT2D eigenvalue weighted by atomic mass is 35.5. The van der Waals surface area contributed by atoms with E-state index in [4.69, 9.17) is 23.2 Å². The average molecular weight is 333 g/mol. The molecule has 0 radical (unpaired) electrons. The van der Waals surface area contributed by atoms with Gasteiger partial charge in [0.2, 0.25) is 12.2 Å². The molecule has 0 saturated carbocycles. The number of rotatable bonds is 5. The molecule has 6 heteroatoms. The van der Waals surface area contributed by atoms with Crippen LogP contribution in [0.1, 0.15) is 11.1 Å². The second kappa shape index (κ2) is 7.69. The van der Waals surface area contributed by atoms with E-state index in [0.717, 1.165) is 11.1 Å². The fraction of sp³-hybridized carbons (Fsp3) is 0.125. The molecule has 0 spiro atoms. The molecule has 0 N–H and O–H groups in total. The first-order valence-electron chi connectivity index (χ1n) is 6.36. The normalized spacial score (nSPS) is 9.73. The fourth-order valence-corrected chi connectivity index (χ4v) is 2.54. The highest BCUT2D eigenvalue weighted by Gasteiger charge is 2.07. The monoisotopic (exact) mass is 332 g/mol. The summed E-state index contributed by atoms with van der Waals surface area (Å²) in [5, 5.41) is 1.17. The Hall–Kier alpha value is -2.22. The maximum absolute atomic E-state index is 10.5. The number of benzene rings is 2. The number of isocyanates is 2. The van der Waals surface area contributed by atoms with Crippen LogP contribution in [-0.2, 0) is 22.4 Å². The summed E-state index contributed by atoms with van der Waals surface area (Å²) in [6, 6.07) is 10.3. The van der Waals surface area contributed by atoms with Gasteiger partial charge in [0, 0.05) is 10.0 Å². The Morgan fingerprint density at radius 1 is 0.864 bits per heavy atom. The van der Waals surface area contributed by atoms with Crippen molar-refractivity contribution in [2.75, 3.05) is 0 Å². The molecule has 0 aliphatic carbocycles. The van der Waals surface area contributed by atoms with E-state index >= 15 is 0 Å². The van der Waals surface area contributed by atoms with Gasteiger partial charge in [0.1, 0.15) is 0 Å². The van der Waals surface area contributed by atoms with Gasteiger partial charge in [-0.2, -0.15) is 9.98 Å². The zero-order valence-electron chi connectivity index (χ0n) is 11.3. The summed E-state index contributed by atoms with van der Waals surface area (Å²) in [6.45, 7) is 0. The van der Waals surface area contributed by atoms with E-state index in [1.54, 1.807) is 24.3 Å². The summed E-state index contributed by atoms with van der Waals surface area (Å²) >= 11 is 12.0. The Kier molecular flexibility index (Phi) is 5.65. The van der Waals surface area contributed by atoms with Gasteiger partial charge in [-0.15, -0.1) is 0 Å². The lowest BCUT2D eigenvalue weighted by Gasteiger charge is -2.07. The number of aliphatic imine (C=N–C) groups is 2. The third-order valence-corrected chi connectivity index (χ3v) is 3.68. The smallest absolute Gasteiger partial charge is 0.211 e. The van der Waals surface area contributed by atoms with Gasteiger partial charge in [0.25, 0.3) is 0 Å². The summed E-state index contributed by atoms with van der Waals surface area (Å²) in [4.78, 5) is 28.0. The average Bonchev–Trinajstić information content (AvgIpc) is 2.49.